The lowest BCUT2D eigenvalue weighted by Crippen LogP contribution is -2.15. The zero-order valence-corrected chi connectivity index (χ0v) is 9.11. The van der Waals surface area contributed by atoms with E-state index in [1.54, 1.807) is 6.20 Å². The molecule has 2 aromatic rings. The lowest BCUT2D eigenvalue weighted by Gasteiger charge is -2.03. The van der Waals surface area contributed by atoms with Gasteiger partial charge in [-0.05, 0) is 0 Å². The van der Waals surface area contributed by atoms with Gasteiger partial charge in [-0.2, -0.15) is 18.2 Å². The third-order valence-electron chi connectivity index (χ3n) is 2.15. The molecule has 2 aromatic heterocycles. The molecule has 0 saturated carbocycles. The fourth-order valence-electron chi connectivity index (χ4n) is 1.39. The lowest BCUT2D eigenvalue weighted by atomic mass is 10.2. The zero-order chi connectivity index (χ0) is 13.2. The molecule has 1 atom stereocenters. The van der Waals surface area contributed by atoms with Crippen LogP contribution in [0.2, 0.25) is 0 Å². The zero-order valence-electron chi connectivity index (χ0n) is 9.11. The normalized spacial score (nSPS) is 13.8. The third-order valence-corrected chi connectivity index (χ3v) is 2.15. The van der Waals surface area contributed by atoms with Gasteiger partial charge in [0.2, 0.25) is 5.89 Å². The first-order valence-corrected chi connectivity index (χ1v) is 5.06. The van der Waals surface area contributed by atoms with Crippen molar-refractivity contribution < 1.29 is 17.7 Å². The van der Waals surface area contributed by atoms with E-state index in [0.29, 0.717) is 6.42 Å². The number of halogens is 3. The van der Waals surface area contributed by atoms with E-state index in [9.17, 15) is 13.2 Å². The van der Waals surface area contributed by atoms with Gasteiger partial charge in [-0.3, -0.25) is 0 Å². The van der Waals surface area contributed by atoms with E-state index in [4.69, 9.17) is 10.3 Å². The highest BCUT2D eigenvalue weighted by molar-refractivity contribution is 5.02. The Bertz CT molecular complexity index is 493. The second-order valence-corrected chi connectivity index (χ2v) is 3.73. The summed E-state index contributed by atoms with van der Waals surface area (Å²) >= 11 is 0. The quantitative estimate of drug-likeness (QED) is 0.860. The first kappa shape index (κ1) is 12.6. The minimum atomic E-state index is -4.37. The fourth-order valence-corrected chi connectivity index (χ4v) is 1.39. The van der Waals surface area contributed by atoms with Crippen LogP contribution in [0.15, 0.2) is 17.0 Å². The molecule has 0 unspecified atom stereocenters. The van der Waals surface area contributed by atoms with Gasteiger partial charge < -0.3 is 15.2 Å². The maximum absolute atomic E-state index is 12.1. The van der Waals surface area contributed by atoms with Crippen molar-refractivity contribution >= 4 is 0 Å². The number of hydrogen-bond donors (Lipinski definition) is 2. The van der Waals surface area contributed by atoms with Crippen molar-refractivity contribution in [1.82, 2.24) is 20.1 Å². The highest BCUT2D eigenvalue weighted by Gasteiger charge is 2.31. The Morgan fingerprint density at radius 1 is 1.44 bits per heavy atom. The molecule has 98 valence electrons. The Balaban J connectivity index is 2.01. The molecular weight excluding hydrogens is 251 g/mol. The molecule has 0 saturated heterocycles. The van der Waals surface area contributed by atoms with E-state index in [1.807, 2.05) is 0 Å². The van der Waals surface area contributed by atoms with Crippen LogP contribution in [0.25, 0.3) is 0 Å². The number of H-pyrrole nitrogens is 1. The second-order valence-electron chi connectivity index (χ2n) is 3.73. The van der Waals surface area contributed by atoms with Crippen molar-refractivity contribution in [3.05, 3.63) is 29.9 Å². The lowest BCUT2D eigenvalue weighted by molar-refractivity contribution is -0.128. The molecular formula is C9H10F3N5O. The third kappa shape index (κ3) is 3.29. The SMILES string of the molecule is N[C@H](Cc1cnc[nH]1)c1nc(CC(F)(F)F)no1. The van der Waals surface area contributed by atoms with Crippen molar-refractivity contribution in [2.75, 3.05) is 0 Å². The molecule has 0 aliphatic carbocycles. The van der Waals surface area contributed by atoms with Gasteiger partial charge in [0, 0.05) is 18.3 Å². The van der Waals surface area contributed by atoms with Gasteiger partial charge in [-0.15, -0.1) is 0 Å². The predicted molar refractivity (Wildman–Crippen MR) is 53.3 cm³/mol. The molecule has 9 heteroatoms. The number of rotatable bonds is 4. The molecule has 0 fully saturated rings. The topological polar surface area (TPSA) is 93.6 Å². The summed E-state index contributed by atoms with van der Waals surface area (Å²) in [5.41, 5.74) is 6.47. The number of aromatic amines is 1. The summed E-state index contributed by atoms with van der Waals surface area (Å²) in [6, 6.07) is -0.667. The summed E-state index contributed by atoms with van der Waals surface area (Å²) in [5.74, 6) is -0.443. The van der Waals surface area contributed by atoms with Crippen LogP contribution in [0.5, 0.6) is 0 Å². The van der Waals surface area contributed by atoms with Gasteiger partial charge in [0.05, 0.1) is 12.4 Å². The van der Waals surface area contributed by atoms with E-state index < -0.39 is 24.5 Å². The van der Waals surface area contributed by atoms with Gasteiger partial charge in [0.15, 0.2) is 5.82 Å². The summed E-state index contributed by atoms with van der Waals surface area (Å²) in [4.78, 5) is 10.2. The van der Waals surface area contributed by atoms with E-state index in [2.05, 4.69) is 20.1 Å². The van der Waals surface area contributed by atoms with Gasteiger partial charge >= 0.3 is 6.18 Å². The summed E-state index contributed by atoms with van der Waals surface area (Å²) in [6.45, 7) is 0. The molecule has 0 amide bonds. The predicted octanol–water partition coefficient (Wildman–Crippen LogP) is 1.14. The molecule has 0 aromatic carbocycles. The number of imidazole rings is 1. The summed E-state index contributed by atoms with van der Waals surface area (Å²) in [7, 11) is 0. The van der Waals surface area contributed by atoms with Crippen LogP contribution < -0.4 is 5.73 Å². The minimum Gasteiger partial charge on any atom is -0.348 e. The van der Waals surface area contributed by atoms with Crippen LogP contribution in [0, 0.1) is 0 Å². The Hall–Kier alpha value is -1.90. The molecule has 0 radical (unpaired) electrons. The van der Waals surface area contributed by atoms with Crippen molar-refractivity contribution in [3.8, 4) is 0 Å². The van der Waals surface area contributed by atoms with E-state index in [-0.39, 0.29) is 5.89 Å². The fraction of sp³-hybridized carbons (Fsp3) is 0.444. The second kappa shape index (κ2) is 4.77. The number of hydrogen-bond acceptors (Lipinski definition) is 5. The van der Waals surface area contributed by atoms with Gasteiger partial charge in [-0.1, -0.05) is 5.16 Å². The highest BCUT2D eigenvalue weighted by atomic mass is 19.4. The molecule has 3 N–H and O–H groups in total. The molecule has 0 aliphatic heterocycles. The Morgan fingerprint density at radius 2 is 2.22 bits per heavy atom. The van der Waals surface area contributed by atoms with Crippen LogP contribution in [0.1, 0.15) is 23.5 Å². The average molecular weight is 261 g/mol. The maximum atomic E-state index is 12.1. The van der Waals surface area contributed by atoms with Gasteiger partial charge in [0.25, 0.3) is 0 Å². The number of aromatic nitrogens is 4. The molecule has 0 spiro atoms. The van der Waals surface area contributed by atoms with Crippen molar-refractivity contribution in [2.24, 2.45) is 5.73 Å². The van der Waals surface area contributed by atoms with Gasteiger partial charge in [-0.25, -0.2) is 4.98 Å². The van der Waals surface area contributed by atoms with Crippen LogP contribution in [-0.4, -0.2) is 26.3 Å². The van der Waals surface area contributed by atoms with Crippen molar-refractivity contribution in [3.63, 3.8) is 0 Å². The van der Waals surface area contributed by atoms with E-state index in [1.165, 1.54) is 6.33 Å². The van der Waals surface area contributed by atoms with E-state index in [0.717, 1.165) is 5.69 Å². The average Bonchev–Trinajstić information content (AvgIpc) is 2.86. The highest BCUT2D eigenvalue weighted by Crippen LogP contribution is 2.20. The maximum Gasteiger partial charge on any atom is 0.396 e. The monoisotopic (exact) mass is 261 g/mol. The summed E-state index contributed by atoms with van der Waals surface area (Å²) in [6.07, 6.45) is -2.23. The van der Waals surface area contributed by atoms with Gasteiger partial charge in [0.1, 0.15) is 6.42 Å². The minimum absolute atomic E-state index is 0.0242. The number of alkyl halides is 3. The van der Waals surface area contributed by atoms with Crippen molar-refractivity contribution in [1.29, 1.82) is 0 Å². The van der Waals surface area contributed by atoms with Crippen molar-refractivity contribution in [2.45, 2.75) is 25.1 Å². The first-order chi connectivity index (χ1) is 8.44. The summed E-state index contributed by atoms with van der Waals surface area (Å²) in [5, 5.41) is 3.24. The van der Waals surface area contributed by atoms with E-state index >= 15 is 0 Å². The van der Waals surface area contributed by atoms with Crippen LogP contribution in [-0.2, 0) is 12.8 Å². The molecule has 0 bridgehead atoms. The number of nitrogens with one attached hydrogen (secondary N) is 1. The van der Waals surface area contributed by atoms with Crippen LogP contribution in [0.3, 0.4) is 0 Å². The van der Waals surface area contributed by atoms with Crippen LogP contribution in [0.4, 0.5) is 13.2 Å². The molecule has 2 heterocycles. The molecule has 18 heavy (non-hydrogen) atoms. The Kier molecular flexibility index (Phi) is 3.32. The first-order valence-electron chi connectivity index (χ1n) is 5.06. The Morgan fingerprint density at radius 3 is 2.83 bits per heavy atom. The molecule has 6 nitrogen and oxygen atoms in total. The number of nitrogens with zero attached hydrogens (tertiary/aromatic N) is 3. The Labute approximate surface area is 99.4 Å². The van der Waals surface area contributed by atoms with Crippen LogP contribution >= 0.6 is 0 Å². The smallest absolute Gasteiger partial charge is 0.348 e. The standard InChI is InChI=1S/C9H10F3N5O/c10-9(11,12)2-7-16-8(18-17-7)6(13)1-5-3-14-4-15-5/h3-4,6H,1-2,13H2,(H,14,15)/t6-/m1/s1. The largest absolute Gasteiger partial charge is 0.396 e. The molecule has 2 rings (SSSR count). The summed E-state index contributed by atoms with van der Waals surface area (Å²) < 4.78 is 41.0. The molecule has 0 aliphatic rings. The number of nitrogens with two attached hydrogens (primary N) is 1.